The molecule has 6 nitrogen and oxygen atoms in total. The van der Waals surface area contributed by atoms with Crippen molar-refractivity contribution in [3.63, 3.8) is 0 Å². The Morgan fingerprint density at radius 2 is 2.17 bits per heavy atom. The second-order valence-electron chi connectivity index (χ2n) is 3.86. The highest BCUT2D eigenvalue weighted by Crippen LogP contribution is 2.07. The number of hydrogen-bond donors (Lipinski definition) is 2. The summed E-state index contributed by atoms with van der Waals surface area (Å²) < 4.78 is 1.77. The molecule has 0 aliphatic carbocycles. The van der Waals surface area contributed by atoms with Crippen LogP contribution in [0, 0.1) is 0 Å². The molecule has 0 fully saturated rings. The van der Waals surface area contributed by atoms with Gasteiger partial charge in [0.25, 0.3) is 0 Å². The second-order valence-corrected chi connectivity index (χ2v) is 3.86. The maximum absolute atomic E-state index is 11.4. The molecule has 0 radical (unpaired) electrons. The maximum atomic E-state index is 11.4. The Morgan fingerprint density at radius 1 is 1.39 bits per heavy atom. The average molecular weight is 245 g/mol. The van der Waals surface area contributed by atoms with Gasteiger partial charge in [-0.15, -0.1) is 0 Å². The minimum absolute atomic E-state index is 0.0824. The van der Waals surface area contributed by atoms with Gasteiger partial charge in [0.1, 0.15) is 0 Å². The van der Waals surface area contributed by atoms with E-state index < -0.39 is 0 Å². The van der Waals surface area contributed by atoms with Crippen LogP contribution in [-0.2, 0) is 11.3 Å². The lowest BCUT2D eigenvalue weighted by Gasteiger charge is -2.01. The number of likely N-dealkylation sites (N-methyl/N-ethyl adjacent to an activating group) is 1. The molecule has 18 heavy (non-hydrogen) atoms. The van der Waals surface area contributed by atoms with E-state index in [9.17, 15) is 4.79 Å². The van der Waals surface area contributed by atoms with Gasteiger partial charge in [0.15, 0.2) is 0 Å². The molecule has 6 heteroatoms. The van der Waals surface area contributed by atoms with Gasteiger partial charge in [-0.3, -0.25) is 14.5 Å². The maximum Gasteiger partial charge on any atom is 0.238 e. The summed E-state index contributed by atoms with van der Waals surface area (Å²) in [5, 5.41) is 9.73. The zero-order valence-electron chi connectivity index (χ0n) is 10.1. The first kappa shape index (κ1) is 12.3. The van der Waals surface area contributed by atoms with Crippen LogP contribution in [0.1, 0.15) is 5.56 Å². The molecule has 0 saturated carbocycles. The molecular weight excluding hydrogens is 230 g/mol. The fraction of sp³-hybridized carbons (Fsp3) is 0.250. The lowest BCUT2D eigenvalue weighted by molar-refractivity contribution is -0.115. The predicted molar refractivity (Wildman–Crippen MR) is 68.1 cm³/mol. The first-order valence-electron chi connectivity index (χ1n) is 5.64. The van der Waals surface area contributed by atoms with E-state index in [0.29, 0.717) is 12.2 Å². The summed E-state index contributed by atoms with van der Waals surface area (Å²) in [5.41, 5.74) is 1.81. The quantitative estimate of drug-likeness (QED) is 0.804. The molecule has 1 amide bonds. The van der Waals surface area contributed by atoms with Gasteiger partial charge in [-0.25, -0.2) is 0 Å². The Morgan fingerprint density at radius 3 is 2.89 bits per heavy atom. The molecule has 2 rings (SSSR count). The normalized spacial score (nSPS) is 10.3. The molecule has 0 aliphatic rings. The first-order valence-corrected chi connectivity index (χ1v) is 5.64. The summed E-state index contributed by atoms with van der Waals surface area (Å²) in [4.78, 5) is 15.3. The molecule has 0 saturated heterocycles. The van der Waals surface area contributed by atoms with Crippen molar-refractivity contribution in [2.45, 2.75) is 6.54 Å². The predicted octanol–water partition coefficient (Wildman–Crippen LogP) is 0.484. The molecule has 0 spiro atoms. The number of carbonyl (C=O) groups is 1. The number of anilines is 1. The Bertz CT molecular complexity index is 508. The highest BCUT2D eigenvalue weighted by Gasteiger charge is 2.03. The van der Waals surface area contributed by atoms with Crippen LogP contribution in [0.5, 0.6) is 0 Å². The summed E-state index contributed by atoms with van der Waals surface area (Å²) in [7, 11) is 1.73. The van der Waals surface area contributed by atoms with E-state index in [1.54, 1.807) is 36.5 Å². The van der Waals surface area contributed by atoms with Crippen LogP contribution in [0.4, 0.5) is 5.69 Å². The SMILES string of the molecule is CNCC(=O)Nc1cnn(Cc2ccncc2)c1. The first-order chi connectivity index (χ1) is 8.78. The molecule has 2 aromatic heterocycles. The standard InChI is InChI=1S/C12H15N5O/c1-13-7-12(18)16-11-6-15-17(9-11)8-10-2-4-14-5-3-10/h2-6,9,13H,7-8H2,1H3,(H,16,18). The summed E-state index contributed by atoms with van der Waals surface area (Å²) in [5.74, 6) is -0.0824. The van der Waals surface area contributed by atoms with Crippen LogP contribution in [0.2, 0.25) is 0 Å². The third-order valence-electron chi connectivity index (χ3n) is 2.35. The van der Waals surface area contributed by atoms with Crippen molar-refractivity contribution in [2.75, 3.05) is 18.9 Å². The molecule has 0 unspecified atom stereocenters. The Labute approximate surface area is 105 Å². The lowest BCUT2D eigenvalue weighted by atomic mass is 10.3. The molecule has 2 N–H and O–H groups in total. The van der Waals surface area contributed by atoms with Crippen molar-refractivity contribution < 1.29 is 4.79 Å². The van der Waals surface area contributed by atoms with Gasteiger partial charge in [-0.1, -0.05) is 0 Å². The summed E-state index contributed by atoms with van der Waals surface area (Å²) >= 11 is 0. The highest BCUT2D eigenvalue weighted by molar-refractivity contribution is 5.91. The van der Waals surface area contributed by atoms with E-state index >= 15 is 0 Å². The van der Waals surface area contributed by atoms with Crippen molar-refractivity contribution in [1.82, 2.24) is 20.1 Å². The second kappa shape index (κ2) is 5.92. The zero-order chi connectivity index (χ0) is 12.8. The minimum Gasteiger partial charge on any atom is -0.322 e. The molecule has 94 valence electrons. The number of amides is 1. The van der Waals surface area contributed by atoms with E-state index in [1.165, 1.54) is 0 Å². The fourth-order valence-electron chi connectivity index (χ4n) is 1.56. The average Bonchev–Trinajstić information content (AvgIpc) is 2.78. The van der Waals surface area contributed by atoms with Crippen molar-refractivity contribution in [3.8, 4) is 0 Å². The number of rotatable bonds is 5. The van der Waals surface area contributed by atoms with E-state index in [4.69, 9.17) is 0 Å². The van der Waals surface area contributed by atoms with E-state index in [0.717, 1.165) is 5.56 Å². The monoisotopic (exact) mass is 245 g/mol. The van der Waals surface area contributed by atoms with Crippen LogP contribution in [0.15, 0.2) is 36.9 Å². The Balaban J connectivity index is 1.96. The lowest BCUT2D eigenvalue weighted by Crippen LogP contribution is -2.24. The fourth-order valence-corrected chi connectivity index (χ4v) is 1.56. The van der Waals surface area contributed by atoms with E-state index in [1.807, 2.05) is 12.1 Å². The third kappa shape index (κ3) is 3.39. The molecule has 2 aromatic rings. The van der Waals surface area contributed by atoms with Crippen LogP contribution in [0.25, 0.3) is 0 Å². The zero-order valence-corrected chi connectivity index (χ0v) is 10.1. The third-order valence-corrected chi connectivity index (χ3v) is 2.35. The van der Waals surface area contributed by atoms with Crippen LogP contribution in [-0.4, -0.2) is 34.3 Å². The van der Waals surface area contributed by atoms with Gasteiger partial charge in [0.05, 0.1) is 25.0 Å². The van der Waals surface area contributed by atoms with Crippen LogP contribution < -0.4 is 10.6 Å². The minimum atomic E-state index is -0.0824. The van der Waals surface area contributed by atoms with Gasteiger partial charge in [-0.05, 0) is 24.7 Å². The number of carbonyl (C=O) groups excluding carboxylic acids is 1. The van der Waals surface area contributed by atoms with Crippen molar-refractivity contribution >= 4 is 11.6 Å². The summed E-state index contributed by atoms with van der Waals surface area (Å²) in [6.07, 6.45) is 6.92. The van der Waals surface area contributed by atoms with Crippen LogP contribution >= 0.6 is 0 Å². The molecule has 0 bridgehead atoms. The number of hydrogen-bond acceptors (Lipinski definition) is 4. The highest BCUT2D eigenvalue weighted by atomic mass is 16.1. The van der Waals surface area contributed by atoms with Gasteiger partial charge < -0.3 is 10.6 Å². The number of nitrogens with zero attached hydrogens (tertiary/aromatic N) is 3. The number of nitrogens with one attached hydrogen (secondary N) is 2. The van der Waals surface area contributed by atoms with Crippen LogP contribution in [0.3, 0.4) is 0 Å². The molecule has 0 atom stereocenters. The van der Waals surface area contributed by atoms with Crippen molar-refractivity contribution in [3.05, 3.63) is 42.5 Å². The summed E-state index contributed by atoms with van der Waals surface area (Å²) in [6.45, 7) is 0.944. The largest absolute Gasteiger partial charge is 0.322 e. The number of aromatic nitrogens is 3. The van der Waals surface area contributed by atoms with Crippen molar-refractivity contribution in [2.24, 2.45) is 0 Å². The molecule has 0 aromatic carbocycles. The Hall–Kier alpha value is -2.21. The van der Waals surface area contributed by atoms with E-state index in [2.05, 4.69) is 20.7 Å². The van der Waals surface area contributed by atoms with Gasteiger partial charge in [0, 0.05) is 18.6 Å². The van der Waals surface area contributed by atoms with Gasteiger partial charge in [0.2, 0.25) is 5.91 Å². The summed E-state index contributed by atoms with van der Waals surface area (Å²) in [6, 6.07) is 3.86. The van der Waals surface area contributed by atoms with Gasteiger partial charge >= 0.3 is 0 Å². The van der Waals surface area contributed by atoms with Gasteiger partial charge in [-0.2, -0.15) is 5.10 Å². The van der Waals surface area contributed by atoms with E-state index in [-0.39, 0.29) is 12.5 Å². The molecule has 0 aliphatic heterocycles. The Kier molecular flexibility index (Phi) is 4.03. The topological polar surface area (TPSA) is 71.8 Å². The molecular formula is C12H15N5O. The van der Waals surface area contributed by atoms with Crippen molar-refractivity contribution in [1.29, 1.82) is 0 Å². The molecule has 2 heterocycles. The number of pyridine rings is 1. The smallest absolute Gasteiger partial charge is 0.238 e.